The van der Waals surface area contributed by atoms with E-state index in [4.69, 9.17) is 5.73 Å². The van der Waals surface area contributed by atoms with Crippen molar-refractivity contribution in [3.05, 3.63) is 40.6 Å². The summed E-state index contributed by atoms with van der Waals surface area (Å²) in [6.45, 7) is 1.81. The molecule has 2 aromatic rings. The highest BCUT2D eigenvalue weighted by Crippen LogP contribution is 2.15. The van der Waals surface area contributed by atoms with Crippen LogP contribution in [-0.2, 0) is 6.54 Å². The Morgan fingerprint density at radius 3 is 3.15 bits per heavy atom. The molecule has 5 nitrogen and oxygen atoms in total. The van der Waals surface area contributed by atoms with Crippen LogP contribution in [0.25, 0.3) is 0 Å². The van der Waals surface area contributed by atoms with Crippen molar-refractivity contribution < 1.29 is 4.79 Å². The SMILES string of the molecule is NCC#Cc1ccc(C(=O)NCCCn2ccnc2)s1. The van der Waals surface area contributed by atoms with Crippen LogP contribution >= 0.6 is 11.3 Å². The number of carbonyl (C=O) groups excluding carboxylic acids is 1. The van der Waals surface area contributed by atoms with Crippen molar-refractivity contribution in [1.29, 1.82) is 0 Å². The van der Waals surface area contributed by atoms with Gasteiger partial charge in [0.2, 0.25) is 0 Å². The zero-order valence-corrected chi connectivity index (χ0v) is 11.8. The van der Waals surface area contributed by atoms with Gasteiger partial charge in [0.25, 0.3) is 5.91 Å². The number of nitrogens with two attached hydrogens (primary N) is 1. The second-order valence-electron chi connectivity index (χ2n) is 4.08. The van der Waals surface area contributed by atoms with Crippen molar-refractivity contribution in [2.75, 3.05) is 13.1 Å². The fourth-order valence-corrected chi connectivity index (χ4v) is 2.43. The van der Waals surface area contributed by atoms with Crippen molar-refractivity contribution >= 4 is 17.2 Å². The van der Waals surface area contributed by atoms with Crippen molar-refractivity contribution in [3.8, 4) is 11.8 Å². The van der Waals surface area contributed by atoms with E-state index in [2.05, 4.69) is 22.1 Å². The zero-order chi connectivity index (χ0) is 14.2. The Morgan fingerprint density at radius 1 is 1.50 bits per heavy atom. The molecule has 0 unspecified atom stereocenters. The standard InChI is InChI=1S/C14H16N4OS/c15-6-1-3-12-4-5-13(20-12)14(19)17-7-2-9-18-10-8-16-11-18/h4-5,8,10-11H,2,6-7,9,15H2,(H,17,19). The van der Waals surface area contributed by atoms with Gasteiger partial charge in [-0.2, -0.15) is 0 Å². The predicted octanol–water partition coefficient (Wildman–Crippen LogP) is 1.07. The summed E-state index contributed by atoms with van der Waals surface area (Å²) < 4.78 is 1.98. The molecule has 6 heteroatoms. The van der Waals surface area contributed by atoms with Gasteiger partial charge in [-0.25, -0.2) is 4.98 Å². The number of imidazole rings is 1. The number of hydrogen-bond acceptors (Lipinski definition) is 4. The largest absolute Gasteiger partial charge is 0.351 e. The number of amides is 1. The van der Waals surface area contributed by atoms with E-state index in [0.29, 0.717) is 18.0 Å². The van der Waals surface area contributed by atoms with Gasteiger partial charge in [-0.3, -0.25) is 4.79 Å². The number of carbonyl (C=O) groups is 1. The molecule has 2 rings (SSSR count). The zero-order valence-electron chi connectivity index (χ0n) is 11.0. The van der Waals surface area contributed by atoms with E-state index in [-0.39, 0.29) is 5.91 Å². The van der Waals surface area contributed by atoms with Gasteiger partial charge >= 0.3 is 0 Å². The molecular weight excluding hydrogens is 272 g/mol. The smallest absolute Gasteiger partial charge is 0.261 e. The molecule has 0 aromatic carbocycles. The molecule has 2 aromatic heterocycles. The second-order valence-corrected chi connectivity index (χ2v) is 5.16. The molecule has 1 amide bonds. The van der Waals surface area contributed by atoms with Crippen LogP contribution in [0.15, 0.2) is 30.9 Å². The monoisotopic (exact) mass is 288 g/mol. The first-order valence-electron chi connectivity index (χ1n) is 6.32. The summed E-state index contributed by atoms with van der Waals surface area (Å²) in [5.41, 5.74) is 5.31. The van der Waals surface area contributed by atoms with E-state index in [1.165, 1.54) is 11.3 Å². The fourth-order valence-electron chi connectivity index (χ4n) is 1.63. The minimum Gasteiger partial charge on any atom is -0.351 e. The normalized spacial score (nSPS) is 9.85. The number of thiophene rings is 1. The van der Waals surface area contributed by atoms with Gasteiger partial charge in [0.05, 0.1) is 22.6 Å². The van der Waals surface area contributed by atoms with Crippen LogP contribution < -0.4 is 11.1 Å². The van der Waals surface area contributed by atoms with Crippen LogP contribution in [0.2, 0.25) is 0 Å². The number of rotatable bonds is 5. The summed E-state index contributed by atoms with van der Waals surface area (Å²) in [5.74, 6) is 5.64. The third kappa shape index (κ3) is 4.23. The first kappa shape index (κ1) is 14.3. The first-order valence-corrected chi connectivity index (χ1v) is 7.14. The summed E-state index contributed by atoms with van der Waals surface area (Å²) in [7, 11) is 0. The molecule has 0 aliphatic rings. The van der Waals surface area contributed by atoms with Crippen LogP contribution in [-0.4, -0.2) is 28.5 Å². The Labute approximate surface area is 121 Å². The molecular formula is C14H16N4OS. The Hall–Kier alpha value is -2.10. The highest BCUT2D eigenvalue weighted by atomic mass is 32.1. The average Bonchev–Trinajstić information content (AvgIpc) is 3.12. The lowest BCUT2D eigenvalue weighted by Crippen LogP contribution is -2.24. The Morgan fingerprint density at radius 2 is 2.40 bits per heavy atom. The molecule has 3 N–H and O–H groups in total. The van der Waals surface area contributed by atoms with Crippen molar-refractivity contribution in [2.45, 2.75) is 13.0 Å². The van der Waals surface area contributed by atoms with Gasteiger partial charge in [0, 0.05) is 25.5 Å². The van der Waals surface area contributed by atoms with Crippen LogP contribution in [0.4, 0.5) is 0 Å². The second kappa shape index (κ2) is 7.48. The predicted molar refractivity (Wildman–Crippen MR) is 79.4 cm³/mol. The maximum atomic E-state index is 11.9. The molecule has 104 valence electrons. The van der Waals surface area contributed by atoms with Crippen LogP contribution in [0.5, 0.6) is 0 Å². The molecule has 0 saturated carbocycles. The van der Waals surface area contributed by atoms with Crippen LogP contribution in [0.1, 0.15) is 21.0 Å². The Kier molecular flexibility index (Phi) is 5.35. The molecule has 20 heavy (non-hydrogen) atoms. The first-order chi connectivity index (χ1) is 9.79. The molecule has 0 aliphatic heterocycles. The van der Waals surface area contributed by atoms with E-state index in [9.17, 15) is 4.79 Å². The van der Waals surface area contributed by atoms with Crippen LogP contribution in [0.3, 0.4) is 0 Å². The third-order valence-corrected chi connectivity index (χ3v) is 3.58. The summed E-state index contributed by atoms with van der Waals surface area (Å²) in [5, 5.41) is 2.90. The number of aromatic nitrogens is 2. The molecule has 0 spiro atoms. The molecule has 0 atom stereocenters. The van der Waals surface area contributed by atoms with E-state index < -0.39 is 0 Å². The van der Waals surface area contributed by atoms with Crippen LogP contribution in [0, 0.1) is 11.8 Å². The highest BCUT2D eigenvalue weighted by Gasteiger charge is 2.07. The molecule has 0 bridgehead atoms. The van der Waals surface area contributed by atoms with Gasteiger partial charge in [-0.1, -0.05) is 11.8 Å². The maximum Gasteiger partial charge on any atom is 0.261 e. The van der Waals surface area contributed by atoms with Gasteiger partial charge in [-0.05, 0) is 18.6 Å². The number of nitrogens with one attached hydrogen (secondary N) is 1. The lowest BCUT2D eigenvalue weighted by Gasteiger charge is -2.04. The van der Waals surface area contributed by atoms with E-state index >= 15 is 0 Å². The summed E-state index contributed by atoms with van der Waals surface area (Å²) in [4.78, 5) is 17.4. The van der Waals surface area contributed by atoms with Gasteiger partial charge in [-0.15, -0.1) is 11.3 Å². The summed E-state index contributed by atoms with van der Waals surface area (Å²) in [6.07, 6.45) is 6.29. The third-order valence-electron chi connectivity index (χ3n) is 2.58. The van der Waals surface area contributed by atoms with Crippen molar-refractivity contribution in [2.24, 2.45) is 5.73 Å². The van der Waals surface area contributed by atoms with E-state index in [0.717, 1.165) is 17.8 Å². The highest BCUT2D eigenvalue weighted by molar-refractivity contribution is 7.14. The molecule has 0 radical (unpaired) electrons. The van der Waals surface area contributed by atoms with E-state index in [1.54, 1.807) is 18.6 Å². The average molecular weight is 288 g/mol. The topological polar surface area (TPSA) is 72.9 Å². The Balaban J connectivity index is 1.75. The van der Waals surface area contributed by atoms with Gasteiger partial charge in [0.15, 0.2) is 0 Å². The summed E-state index contributed by atoms with van der Waals surface area (Å²) in [6, 6.07) is 3.63. The van der Waals surface area contributed by atoms with Crippen molar-refractivity contribution in [1.82, 2.24) is 14.9 Å². The maximum absolute atomic E-state index is 11.9. The van der Waals surface area contributed by atoms with E-state index in [1.807, 2.05) is 16.8 Å². The number of aryl methyl sites for hydroxylation is 1. The minimum absolute atomic E-state index is 0.0542. The quantitative estimate of drug-likeness (QED) is 0.638. The van der Waals surface area contributed by atoms with Crippen molar-refractivity contribution in [3.63, 3.8) is 0 Å². The van der Waals surface area contributed by atoms with Gasteiger partial charge in [0.1, 0.15) is 0 Å². The fraction of sp³-hybridized carbons (Fsp3) is 0.286. The molecule has 0 saturated heterocycles. The number of nitrogens with zero attached hydrogens (tertiary/aromatic N) is 2. The number of hydrogen-bond donors (Lipinski definition) is 2. The molecule has 0 aliphatic carbocycles. The lowest BCUT2D eigenvalue weighted by molar-refractivity contribution is 0.0957. The Bertz CT molecular complexity index is 607. The minimum atomic E-state index is -0.0542. The molecule has 2 heterocycles. The molecule has 0 fully saturated rings. The lowest BCUT2D eigenvalue weighted by atomic mass is 10.3. The summed E-state index contributed by atoms with van der Waals surface area (Å²) >= 11 is 1.38. The van der Waals surface area contributed by atoms with Gasteiger partial charge < -0.3 is 15.6 Å².